The number of para-hydroxylation sites is 1. The molecule has 2 bridgehead atoms. The average molecular weight is 708 g/mol. The minimum atomic E-state index is -1.03. The Morgan fingerprint density at radius 3 is 2.60 bits per heavy atom. The predicted octanol–water partition coefficient (Wildman–Crippen LogP) is 5.54. The minimum absolute atomic E-state index is 0.0106. The second kappa shape index (κ2) is 13.7. The molecule has 1 aromatic heterocycles. The number of ketones is 1. The molecule has 270 valence electrons. The van der Waals surface area contributed by atoms with E-state index in [1.807, 2.05) is 33.8 Å². The molecule has 1 aromatic carbocycles. The standard InChI is InChI=1S/C37H50BN3O8S/c1-20-39-26(19-50-20)31(41-33(44)25-13-10-14-30(43)40-25)27(42)18-23(38-48-29-17-22-16-28(36(22,5)6)37(29,7)49-38)15-21-11-9-12-24(32(21)46-8)34(45)47-35(2,3)4/h9,11-12,19,22-23,25,28-29,31H,10,13-18H2,1-8H3,(H,40,43)(H,41,44)/t22-,23+,25?,28-,29+,31?,37-/m0/s1. The molecule has 2 saturated heterocycles. The van der Waals surface area contributed by atoms with Crippen LogP contribution in [0.5, 0.6) is 5.75 Å². The van der Waals surface area contributed by atoms with Gasteiger partial charge in [-0.25, -0.2) is 9.78 Å². The van der Waals surface area contributed by atoms with Gasteiger partial charge in [-0.05, 0) is 95.6 Å². The van der Waals surface area contributed by atoms with Crippen LogP contribution in [0.25, 0.3) is 0 Å². The zero-order valence-corrected chi connectivity index (χ0v) is 31.2. The highest BCUT2D eigenvalue weighted by atomic mass is 32.1. The van der Waals surface area contributed by atoms with Gasteiger partial charge in [0, 0.05) is 24.0 Å². The summed E-state index contributed by atoms with van der Waals surface area (Å²) in [4.78, 5) is 57.9. The molecule has 7 atom stereocenters. The van der Waals surface area contributed by atoms with Crippen molar-refractivity contribution in [3.8, 4) is 5.75 Å². The molecule has 2 aromatic rings. The zero-order valence-electron chi connectivity index (χ0n) is 30.4. The monoisotopic (exact) mass is 707 g/mol. The van der Waals surface area contributed by atoms with Crippen LogP contribution < -0.4 is 15.4 Å². The molecule has 13 heteroatoms. The number of nitrogens with one attached hydrogen (secondary N) is 2. The summed E-state index contributed by atoms with van der Waals surface area (Å²) in [5.74, 6) is -0.618. The third kappa shape index (κ3) is 7.10. The largest absolute Gasteiger partial charge is 0.496 e. The molecule has 7 rings (SSSR count). The maximum atomic E-state index is 14.5. The van der Waals surface area contributed by atoms with Crippen molar-refractivity contribution < 1.29 is 38.0 Å². The van der Waals surface area contributed by atoms with E-state index in [0.717, 1.165) is 17.8 Å². The number of benzene rings is 1. The van der Waals surface area contributed by atoms with Crippen LogP contribution >= 0.6 is 11.3 Å². The first kappa shape index (κ1) is 36.5. The van der Waals surface area contributed by atoms with Crippen LogP contribution in [-0.2, 0) is 34.9 Å². The summed E-state index contributed by atoms with van der Waals surface area (Å²) in [6.07, 6.45) is 3.61. The van der Waals surface area contributed by atoms with Gasteiger partial charge in [0.2, 0.25) is 11.8 Å². The van der Waals surface area contributed by atoms with Gasteiger partial charge in [0.25, 0.3) is 0 Å². The minimum Gasteiger partial charge on any atom is -0.496 e. The molecule has 3 heterocycles. The third-order valence-electron chi connectivity index (χ3n) is 11.3. The normalized spacial score (nSPS) is 28.1. The van der Waals surface area contributed by atoms with Gasteiger partial charge in [-0.1, -0.05) is 26.0 Å². The number of hydrogen-bond donors (Lipinski definition) is 2. The van der Waals surface area contributed by atoms with E-state index < -0.39 is 48.1 Å². The van der Waals surface area contributed by atoms with Crippen LogP contribution in [0.15, 0.2) is 23.6 Å². The number of carbonyl (C=O) groups excluding carboxylic acids is 4. The number of rotatable bonds is 11. The van der Waals surface area contributed by atoms with Crippen LogP contribution in [0, 0.1) is 24.2 Å². The van der Waals surface area contributed by atoms with E-state index in [9.17, 15) is 19.2 Å². The number of methoxy groups -OCH3 is 1. The number of esters is 1. The number of hydrogen-bond acceptors (Lipinski definition) is 10. The topological polar surface area (TPSA) is 142 Å². The first-order valence-electron chi connectivity index (χ1n) is 17.8. The molecule has 2 amide bonds. The Hall–Kier alpha value is -3.29. The summed E-state index contributed by atoms with van der Waals surface area (Å²) in [5, 5.41) is 8.22. The fraction of sp³-hybridized carbons (Fsp3) is 0.649. The van der Waals surface area contributed by atoms with E-state index in [0.29, 0.717) is 60.1 Å². The number of aryl methyl sites for hydroxylation is 1. The number of aromatic nitrogens is 1. The summed E-state index contributed by atoms with van der Waals surface area (Å²) in [7, 11) is 0.797. The molecule has 0 radical (unpaired) electrons. The smallest absolute Gasteiger partial charge is 0.461 e. The molecule has 5 aliphatic rings. The van der Waals surface area contributed by atoms with E-state index in [-0.39, 0.29) is 29.6 Å². The zero-order chi connectivity index (χ0) is 36.2. The maximum Gasteiger partial charge on any atom is 0.461 e. The molecule has 2 N–H and O–H groups in total. The molecule has 3 saturated carbocycles. The van der Waals surface area contributed by atoms with E-state index in [4.69, 9.17) is 18.8 Å². The van der Waals surface area contributed by atoms with Crippen molar-refractivity contribution in [2.45, 2.75) is 129 Å². The molecule has 0 spiro atoms. The fourth-order valence-electron chi connectivity index (χ4n) is 8.58. The van der Waals surface area contributed by atoms with Gasteiger partial charge in [0.15, 0.2) is 5.78 Å². The number of thiazole rings is 1. The fourth-order valence-corrected chi connectivity index (χ4v) is 9.22. The van der Waals surface area contributed by atoms with Crippen molar-refractivity contribution in [3.05, 3.63) is 45.4 Å². The molecule has 5 fully saturated rings. The van der Waals surface area contributed by atoms with Crippen molar-refractivity contribution >= 4 is 42.0 Å². The number of piperidine rings is 1. The predicted molar refractivity (Wildman–Crippen MR) is 189 cm³/mol. The van der Waals surface area contributed by atoms with Crippen LogP contribution in [-0.4, -0.2) is 66.1 Å². The Bertz CT molecular complexity index is 1650. The first-order chi connectivity index (χ1) is 23.5. The highest BCUT2D eigenvalue weighted by Gasteiger charge is 2.68. The maximum absolute atomic E-state index is 14.5. The van der Waals surface area contributed by atoms with Gasteiger partial charge in [-0.3, -0.25) is 14.4 Å². The van der Waals surface area contributed by atoms with Crippen LogP contribution in [0.3, 0.4) is 0 Å². The molecule has 2 unspecified atom stereocenters. The Kier molecular flexibility index (Phi) is 9.99. The van der Waals surface area contributed by atoms with Crippen molar-refractivity contribution in [1.82, 2.24) is 15.6 Å². The van der Waals surface area contributed by atoms with Gasteiger partial charge in [-0.15, -0.1) is 11.3 Å². The summed E-state index contributed by atoms with van der Waals surface area (Å²) in [6.45, 7) is 14.0. The van der Waals surface area contributed by atoms with Crippen molar-refractivity contribution in [2.75, 3.05) is 7.11 Å². The lowest BCUT2D eigenvalue weighted by atomic mass is 9.43. The Labute approximate surface area is 299 Å². The van der Waals surface area contributed by atoms with Crippen molar-refractivity contribution in [1.29, 1.82) is 0 Å². The van der Waals surface area contributed by atoms with E-state index in [2.05, 4.69) is 36.4 Å². The Morgan fingerprint density at radius 2 is 1.96 bits per heavy atom. The molecule has 50 heavy (non-hydrogen) atoms. The third-order valence-corrected chi connectivity index (χ3v) is 12.1. The number of nitrogens with zero attached hydrogens (tertiary/aromatic N) is 1. The van der Waals surface area contributed by atoms with Crippen molar-refractivity contribution in [2.24, 2.45) is 17.3 Å². The summed E-state index contributed by atoms with van der Waals surface area (Å²) >= 11 is 1.40. The summed E-state index contributed by atoms with van der Waals surface area (Å²) in [6, 6.07) is 3.58. The van der Waals surface area contributed by atoms with Gasteiger partial charge < -0.3 is 29.4 Å². The quantitative estimate of drug-likeness (QED) is 0.227. The van der Waals surface area contributed by atoms with Crippen LogP contribution in [0.2, 0.25) is 5.82 Å². The lowest BCUT2D eigenvalue weighted by molar-refractivity contribution is -0.199. The second-order valence-corrected chi connectivity index (χ2v) is 17.3. The molecule has 3 aliphatic carbocycles. The molecule has 11 nitrogen and oxygen atoms in total. The Balaban J connectivity index is 1.32. The van der Waals surface area contributed by atoms with Gasteiger partial charge in [0.1, 0.15) is 29.0 Å². The first-order valence-corrected chi connectivity index (χ1v) is 18.6. The lowest BCUT2D eigenvalue weighted by Gasteiger charge is -2.64. The van der Waals surface area contributed by atoms with Crippen molar-refractivity contribution in [3.63, 3.8) is 0 Å². The van der Waals surface area contributed by atoms with E-state index >= 15 is 0 Å². The number of carbonyl (C=O) groups is 4. The highest BCUT2D eigenvalue weighted by Crippen LogP contribution is 2.66. The average Bonchev–Trinajstić information content (AvgIpc) is 3.64. The van der Waals surface area contributed by atoms with E-state index in [1.165, 1.54) is 18.4 Å². The molecular formula is C37H50BN3O8S. The van der Waals surface area contributed by atoms with Gasteiger partial charge in [-0.2, -0.15) is 0 Å². The van der Waals surface area contributed by atoms with Gasteiger partial charge in [0.05, 0.1) is 29.5 Å². The molecular weight excluding hydrogens is 657 g/mol. The summed E-state index contributed by atoms with van der Waals surface area (Å²) in [5.41, 5.74) is 0.372. The number of ether oxygens (including phenoxy) is 2. The second-order valence-electron chi connectivity index (χ2n) is 16.2. The number of Topliss-reactive ketones (excluding diaryl/α,β-unsaturated/α-hetero) is 1. The SMILES string of the molecule is COc1c(C[C@H](CC(=O)C(NC(=O)C2CCCC(=O)N2)c2csc(C)n2)B2O[C@@H]3C[C@@H]4C[C@@H](C4(C)C)[C@]3(C)O2)cccc1C(=O)OC(C)(C)C. The van der Waals surface area contributed by atoms with Crippen LogP contribution in [0.4, 0.5) is 0 Å². The number of amides is 2. The van der Waals surface area contributed by atoms with E-state index in [1.54, 1.807) is 17.5 Å². The van der Waals surface area contributed by atoms with Gasteiger partial charge >= 0.3 is 13.1 Å². The molecule has 2 aliphatic heterocycles. The van der Waals surface area contributed by atoms with Crippen LogP contribution in [0.1, 0.15) is 113 Å². The highest BCUT2D eigenvalue weighted by molar-refractivity contribution is 7.09. The Morgan fingerprint density at radius 1 is 1.20 bits per heavy atom. The lowest BCUT2D eigenvalue weighted by Crippen LogP contribution is -2.65. The summed E-state index contributed by atoms with van der Waals surface area (Å²) < 4.78 is 25.2.